The van der Waals surface area contributed by atoms with E-state index in [0.29, 0.717) is 12.8 Å². The van der Waals surface area contributed by atoms with Crippen molar-refractivity contribution in [3.63, 3.8) is 0 Å². The molecule has 1 fully saturated rings. The lowest BCUT2D eigenvalue weighted by atomic mass is 10.3. The molecule has 1 saturated heterocycles. The summed E-state index contributed by atoms with van der Waals surface area (Å²) in [5, 5.41) is 8.61. The van der Waals surface area contributed by atoms with Gasteiger partial charge in [-0.05, 0) is 45.7 Å². The van der Waals surface area contributed by atoms with E-state index < -0.39 is 10.0 Å². The molecule has 0 amide bonds. The first-order valence-corrected chi connectivity index (χ1v) is 8.02. The van der Waals surface area contributed by atoms with Gasteiger partial charge in [0, 0.05) is 19.2 Å². The maximum Gasteiger partial charge on any atom is 0.211 e. The normalized spacial score (nSPS) is 19.6. The monoisotopic (exact) mass is 264 g/mol. The third-order valence-electron chi connectivity index (χ3n) is 2.93. The predicted molar refractivity (Wildman–Crippen MR) is 68.4 cm³/mol. The van der Waals surface area contributed by atoms with Crippen molar-refractivity contribution in [2.24, 2.45) is 0 Å². The van der Waals surface area contributed by atoms with Gasteiger partial charge < -0.3 is 10.0 Å². The second-order valence-corrected chi connectivity index (χ2v) is 6.65. The molecular formula is C11H24N2O3S. The van der Waals surface area contributed by atoms with Crippen LogP contribution < -0.4 is 4.72 Å². The van der Waals surface area contributed by atoms with Crippen LogP contribution in [0.1, 0.15) is 32.6 Å². The van der Waals surface area contributed by atoms with Crippen molar-refractivity contribution in [3.8, 4) is 0 Å². The Morgan fingerprint density at radius 2 is 1.94 bits per heavy atom. The van der Waals surface area contributed by atoms with Gasteiger partial charge in [-0.15, -0.1) is 0 Å². The number of aliphatic hydroxyl groups is 1. The highest BCUT2D eigenvalue weighted by molar-refractivity contribution is 7.89. The van der Waals surface area contributed by atoms with Crippen LogP contribution in [0.25, 0.3) is 0 Å². The molecule has 1 heterocycles. The second-order valence-electron chi connectivity index (χ2n) is 4.78. The zero-order valence-corrected chi connectivity index (χ0v) is 11.4. The van der Waals surface area contributed by atoms with E-state index in [2.05, 4.69) is 9.62 Å². The molecule has 0 aromatic rings. The summed E-state index contributed by atoms with van der Waals surface area (Å²) in [5.41, 5.74) is 0. The number of sulfonamides is 1. The molecule has 0 radical (unpaired) electrons. The first-order chi connectivity index (χ1) is 8.03. The van der Waals surface area contributed by atoms with Gasteiger partial charge in [0.1, 0.15) is 0 Å². The van der Waals surface area contributed by atoms with Gasteiger partial charge in [-0.2, -0.15) is 0 Å². The number of nitrogens with zero attached hydrogens (tertiary/aromatic N) is 1. The maximum absolute atomic E-state index is 11.7. The van der Waals surface area contributed by atoms with Gasteiger partial charge in [-0.1, -0.05) is 0 Å². The third kappa shape index (κ3) is 6.35. The van der Waals surface area contributed by atoms with Crippen LogP contribution in [0.5, 0.6) is 0 Å². The average molecular weight is 264 g/mol. The Hall–Kier alpha value is -0.170. The fourth-order valence-electron chi connectivity index (χ4n) is 2.16. The summed E-state index contributed by atoms with van der Waals surface area (Å²) < 4.78 is 26.0. The van der Waals surface area contributed by atoms with Crippen LogP contribution in [-0.2, 0) is 10.0 Å². The minimum atomic E-state index is -3.18. The van der Waals surface area contributed by atoms with Crippen LogP contribution in [0, 0.1) is 0 Å². The van der Waals surface area contributed by atoms with Crippen molar-refractivity contribution in [2.75, 3.05) is 32.0 Å². The van der Waals surface area contributed by atoms with E-state index in [1.165, 1.54) is 12.8 Å². The fraction of sp³-hybridized carbons (Fsp3) is 1.00. The summed E-state index contributed by atoms with van der Waals surface area (Å²) in [6, 6.07) is -0.0350. The zero-order chi connectivity index (χ0) is 12.7. The summed E-state index contributed by atoms with van der Waals surface area (Å²) in [6.45, 7) is 4.91. The molecule has 17 heavy (non-hydrogen) atoms. The van der Waals surface area contributed by atoms with Gasteiger partial charge in [-0.25, -0.2) is 13.1 Å². The Morgan fingerprint density at radius 3 is 2.53 bits per heavy atom. The van der Waals surface area contributed by atoms with Crippen LogP contribution in [-0.4, -0.2) is 56.5 Å². The number of likely N-dealkylation sites (tertiary alicyclic amines) is 1. The summed E-state index contributed by atoms with van der Waals surface area (Å²) in [5.74, 6) is 0.109. The van der Waals surface area contributed by atoms with Crippen LogP contribution in [0.2, 0.25) is 0 Å². The number of hydrogen-bond donors (Lipinski definition) is 2. The van der Waals surface area contributed by atoms with Crippen molar-refractivity contribution in [3.05, 3.63) is 0 Å². The quantitative estimate of drug-likeness (QED) is 0.613. The number of hydrogen-bond acceptors (Lipinski definition) is 4. The molecule has 1 aliphatic rings. The first-order valence-electron chi connectivity index (χ1n) is 6.37. The first kappa shape index (κ1) is 14.9. The number of rotatable bonds is 8. The predicted octanol–water partition coefficient (Wildman–Crippen LogP) is 0.163. The Kier molecular flexibility index (Phi) is 6.40. The number of unbranched alkanes of at least 4 members (excludes halogenated alkanes) is 1. The van der Waals surface area contributed by atoms with Crippen LogP contribution in [0.3, 0.4) is 0 Å². The van der Waals surface area contributed by atoms with Crippen LogP contribution in [0.15, 0.2) is 0 Å². The number of nitrogens with one attached hydrogen (secondary N) is 1. The lowest BCUT2D eigenvalue weighted by Crippen LogP contribution is -2.41. The molecule has 0 aliphatic carbocycles. The molecule has 0 saturated carbocycles. The van der Waals surface area contributed by atoms with Crippen molar-refractivity contribution < 1.29 is 13.5 Å². The third-order valence-corrected chi connectivity index (χ3v) is 4.52. The van der Waals surface area contributed by atoms with Gasteiger partial charge >= 0.3 is 0 Å². The molecule has 2 N–H and O–H groups in total. The van der Waals surface area contributed by atoms with Crippen LogP contribution >= 0.6 is 0 Å². The Bertz CT molecular complexity index is 300. The summed E-state index contributed by atoms with van der Waals surface area (Å²) in [6.07, 6.45) is 3.50. The molecule has 6 heteroatoms. The van der Waals surface area contributed by atoms with E-state index >= 15 is 0 Å². The van der Waals surface area contributed by atoms with Gasteiger partial charge in [0.15, 0.2) is 0 Å². The van der Waals surface area contributed by atoms with Gasteiger partial charge in [-0.3, -0.25) is 0 Å². The van der Waals surface area contributed by atoms with Gasteiger partial charge in [0.25, 0.3) is 0 Å². The molecule has 1 rings (SSSR count). The largest absolute Gasteiger partial charge is 0.396 e. The molecule has 5 nitrogen and oxygen atoms in total. The van der Waals surface area contributed by atoms with Gasteiger partial charge in [0.2, 0.25) is 10.0 Å². The summed E-state index contributed by atoms with van der Waals surface area (Å²) in [4.78, 5) is 2.29. The smallest absolute Gasteiger partial charge is 0.211 e. The summed E-state index contributed by atoms with van der Waals surface area (Å²) >= 11 is 0. The van der Waals surface area contributed by atoms with Crippen molar-refractivity contribution >= 4 is 10.0 Å². The van der Waals surface area contributed by atoms with E-state index in [-0.39, 0.29) is 18.4 Å². The molecule has 1 unspecified atom stereocenters. The molecule has 0 aromatic carbocycles. The van der Waals surface area contributed by atoms with E-state index in [9.17, 15) is 8.42 Å². The number of aliphatic hydroxyl groups excluding tert-OH is 1. The van der Waals surface area contributed by atoms with Crippen molar-refractivity contribution in [1.82, 2.24) is 9.62 Å². The molecule has 1 atom stereocenters. The Morgan fingerprint density at radius 1 is 1.29 bits per heavy atom. The second kappa shape index (κ2) is 7.31. The van der Waals surface area contributed by atoms with Crippen LogP contribution in [0.4, 0.5) is 0 Å². The van der Waals surface area contributed by atoms with Crippen molar-refractivity contribution in [2.45, 2.75) is 38.6 Å². The fourth-order valence-corrected chi connectivity index (χ4v) is 3.55. The van der Waals surface area contributed by atoms with E-state index in [1.54, 1.807) is 0 Å². The lowest BCUT2D eigenvalue weighted by Gasteiger charge is -2.21. The molecule has 0 aromatic heterocycles. The lowest BCUT2D eigenvalue weighted by molar-refractivity contribution is 0.287. The molecular weight excluding hydrogens is 240 g/mol. The minimum absolute atomic E-state index is 0.0350. The standard InChI is InChI=1S/C11H24N2O3S/c1-11(10-13-6-2-3-7-13)12-17(15,16)9-5-4-8-14/h11-12,14H,2-10H2,1H3. The maximum atomic E-state index is 11.7. The molecule has 102 valence electrons. The van der Waals surface area contributed by atoms with Crippen molar-refractivity contribution in [1.29, 1.82) is 0 Å². The average Bonchev–Trinajstić information content (AvgIpc) is 2.69. The van der Waals surface area contributed by atoms with E-state index in [4.69, 9.17) is 5.11 Å². The van der Waals surface area contributed by atoms with E-state index in [1.807, 2.05) is 6.92 Å². The summed E-state index contributed by atoms with van der Waals surface area (Å²) in [7, 11) is -3.18. The molecule has 0 spiro atoms. The van der Waals surface area contributed by atoms with Gasteiger partial charge in [0.05, 0.1) is 5.75 Å². The Balaban J connectivity index is 2.25. The zero-order valence-electron chi connectivity index (χ0n) is 10.6. The van der Waals surface area contributed by atoms with E-state index in [0.717, 1.165) is 19.6 Å². The molecule has 0 bridgehead atoms. The minimum Gasteiger partial charge on any atom is -0.396 e. The molecule has 1 aliphatic heterocycles. The highest BCUT2D eigenvalue weighted by atomic mass is 32.2. The SMILES string of the molecule is CC(CN1CCCC1)NS(=O)(=O)CCCCO. The highest BCUT2D eigenvalue weighted by Gasteiger charge is 2.18. The highest BCUT2D eigenvalue weighted by Crippen LogP contribution is 2.08. The topological polar surface area (TPSA) is 69.6 Å². The Labute approximate surface area is 104 Å².